The average Bonchev–Trinajstić information content (AvgIpc) is 3.42. The van der Waals surface area contributed by atoms with Crippen molar-refractivity contribution in [1.82, 2.24) is 10.2 Å². The summed E-state index contributed by atoms with van der Waals surface area (Å²) in [4.78, 5) is 2.40. The topological polar surface area (TPSA) is 37.6 Å². The Bertz CT molecular complexity index is 984. The van der Waals surface area contributed by atoms with E-state index in [-0.39, 0.29) is 11.6 Å². The second-order valence-electron chi connectivity index (χ2n) is 8.15. The van der Waals surface area contributed by atoms with E-state index < -0.39 is 0 Å². The summed E-state index contributed by atoms with van der Waals surface area (Å²) in [5.74, 6) is 0.738. The minimum atomic E-state index is 0.0618. The molecule has 0 amide bonds. The van der Waals surface area contributed by atoms with Gasteiger partial charge in [0.05, 0.1) is 19.4 Å². The molecule has 1 atom stereocenters. The van der Waals surface area contributed by atoms with Crippen LogP contribution in [-0.4, -0.2) is 31.6 Å². The molecule has 3 aromatic rings. The summed E-state index contributed by atoms with van der Waals surface area (Å²) in [6.07, 6.45) is 6.55. The first-order valence-corrected chi connectivity index (χ1v) is 10.3. The Labute approximate surface area is 173 Å². The van der Waals surface area contributed by atoms with Gasteiger partial charge in [-0.2, -0.15) is 0 Å². The molecular formula is C25H30N2O2. The Morgan fingerprint density at radius 2 is 1.83 bits per heavy atom. The molecule has 1 saturated carbocycles. The van der Waals surface area contributed by atoms with Crippen molar-refractivity contribution in [1.29, 1.82) is 0 Å². The van der Waals surface area contributed by atoms with Gasteiger partial charge in [-0.05, 0) is 50.7 Å². The van der Waals surface area contributed by atoms with Crippen molar-refractivity contribution in [2.24, 2.45) is 0 Å². The number of methoxy groups -OCH3 is 1. The maximum Gasteiger partial charge on any atom is 0.176 e. The molecule has 0 radical (unpaired) electrons. The lowest BCUT2D eigenvalue weighted by atomic mass is 9.82. The second kappa shape index (κ2) is 7.96. The largest absolute Gasteiger partial charge is 0.493 e. The van der Waals surface area contributed by atoms with E-state index in [0.29, 0.717) is 0 Å². The van der Waals surface area contributed by atoms with Crippen LogP contribution in [0.25, 0.3) is 16.7 Å². The second-order valence-corrected chi connectivity index (χ2v) is 8.15. The molecule has 0 spiro atoms. The van der Waals surface area contributed by atoms with Crippen molar-refractivity contribution in [3.05, 3.63) is 72.5 Å². The zero-order valence-electron chi connectivity index (χ0n) is 17.6. The highest BCUT2D eigenvalue weighted by Crippen LogP contribution is 2.44. The molecule has 1 N–H and O–H groups in total. The van der Waals surface area contributed by atoms with Gasteiger partial charge >= 0.3 is 0 Å². The number of fused-ring (bicyclic) bond motifs is 1. The van der Waals surface area contributed by atoms with Gasteiger partial charge in [-0.15, -0.1) is 0 Å². The number of furan rings is 1. The third-order valence-corrected chi connectivity index (χ3v) is 6.47. The van der Waals surface area contributed by atoms with Crippen molar-refractivity contribution in [2.75, 3.05) is 21.2 Å². The Hall–Kier alpha value is -2.72. The first-order valence-electron chi connectivity index (χ1n) is 10.3. The SMILES string of the molecule is C=C(NC(c1ccccc1)C1(N(C)C)CCCC1)c1ccc(OC)c2occc12. The van der Waals surface area contributed by atoms with Gasteiger partial charge in [-0.25, -0.2) is 0 Å². The molecule has 1 aromatic heterocycles. The van der Waals surface area contributed by atoms with E-state index in [1.165, 1.54) is 31.2 Å². The Balaban J connectivity index is 1.74. The van der Waals surface area contributed by atoms with E-state index in [2.05, 4.69) is 67.3 Å². The number of rotatable bonds is 7. The van der Waals surface area contributed by atoms with E-state index >= 15 is 0 Å². The maximum absolute atomic E-state index is 5.68. The van der Waals surface area contributed by atoms with E-state index in [4.69, 9.17) is 9.15 Å². The molecule has 0 bridgehead atoms. The monoisotopic (exact) mass is 390 g/mol. The fourth-order valence-corrected chi connectivity index (χ4v) is 4.87. The van der Waals surface area contributed by atoms with Crippen LogP contribution >= 0.6 is 0 Å². The highest BCUT2D eigenvalue weighted by atomic mass is 16.5. The van der Waals surface area contributed by atoms with Gasteiger partial charge < -0.3 is 19.4 Å². The number of hydrogen-bond donors (Lipinski definition) is 1. The number of hydrogen-bond acceptors (Lipinski definition) is 4. The van der Waals surface area contributed by atoms with Crippen LogP contribution in [0.2, 0.25) is 0 Å². The van der Waals surface area contributed by atoms with Gasteiger partial charge in [0.15, 0.2) is 11.3 Å². The summed E-state index contributed by atoms with van der Waals surface area (Å²) >= 11 is 0. The van der Waals surface area contributed by atoms with Gasteiger partial charge in [-0.1, -0.05) is 49.8 Å². The van der Waals surface area contributed by atoms with Gasteiger partial charge in [-0.3, -0.25) is 0 Å². The van der Waals surface area contributed by atoms with Crippen LogP contribution in [0, 0.1) is 0 Å². The van der Waals surface area contributed by atoms with Gasteiger partial charge in [0.2, 0.25) is 0 Å². The van der Waals surface area contributed by atoms with Crippen molar-refractivity contribution >= 4 is 16.7 Å². The van der Waals surface area contributed by atoms with E-state index in [1.807, 2.05) is 12.1 Å². The Kier molecular flexibility index (Phi) is 5.37. The maximum atomic E-state index is 5.68. The number of nitrogens with zero attached hydrogens (tertiary/aromatic N) is 1. The fourth-order valence-electron chi connectivity index (χ4n) is 4.87. The third-order valence-electron chi connectivity index (χ3n) is 6.47. The molecule has 152 valence electrons. The number of nitrogens with one attached hydrogen (secondary N) is 1. The molecule has 4 rings (SSSR count). The first kappa shape index (κ1) is 19.6. The van der Waals surface area contributed by atoms with E-state index in [9.17, 15) is 0 Å². The van der Waals surface area contributed by atoms with Gasteiger partial charge in [0.1, 0.15) is 0 Å². The summed E-state index contributed by atoms with van der Waals surface area (Å²) in [7, 11) is 6.07. The minimum Gasteiger partial charge on any atom is -0.493 e. The first-order chi connectivity index (χ1) is 14.1. The number of ether oxygens (including phenoxy) is 1. The molecule has 4 nitrogen and oxygen atoms in total. The summed E-state index contributed by atoms with van der Waals surface area (Å²) in [6.45, 7) is 4.43. The summed E-state index contributed by atoms with van der Waals surface area (Å²) in [5, 5.41) is 4.83. The van der Waals surface area contributed by atoms with E-state index in [1.54, 1.807) is 13.4 Å². The predicted molar refractivity (Wildman–Crippen MR) is 119 cm³/mol. The highest BCUT2D eigenvalue weighted by Gasteiger charge is 2.44. The van der Waals surface area contributed by atoms with Gasteiger partial charge in [0, 0.05) is 22.2 Å². The molecule has 1 heterocycles. The standard InChI is InChI=1S/C25H30N2O2/c1-18(20-12-13-22(28-4)23-21(20)14-17-29-23)26-24(19-10-6-5-7-11-19)25(27(2)3)15-8-9-16-25/h5-7,10-14,17,24,26H,1,8-9,15-16H2,2-4H3. The normalized spacial score (nSPS) is 16.8. The van der Waals surface area contributed by atoms with Crippen LogP contribution in [-0.2, 0) is 0 Å². The van der Waals surface area contributed by atoms with Crippen LogP contribution in [0.3, 0.4) is 0 Å². The quantitative estimate of drug-likeness (QED) is 0.568. The third kappa shape index (κ3) is 3.42. The molecule has 29 heavy (non-hydrogen) atoms. The van der Waals surface area contributed by atoms with Crippen LogP contribution in [0.1, 0.15) is 42.9 Å². The molecular weight excluding hydrogens is 360 g/mol. The van der Waals surface area contributed by atoms with Crippen LogP contribution in [0.4, 0.5) is 0 Å². The zero-order chi connectivity index (χ0) is 20.4. The van der Waals surface area contributed by atoms with E-state index in [0.717, 1.165) is 28.0 Å². The highest BCUT2D eigenvalue weighted by molar-refractivity contribution is 5.93. The van der Waals surface area contributed by atoms with Crippen LogP contribution in [0.15, 0.2) is 65.8 Å². The summed E-state index contributed by atoms with van der Waals surface area (Å²) < 4.78 is 11.1. The Morgan fingerprint density at radius 3 is 2.48 bits per heavy atom. The van der Waals surface area contributed by atoms with Crippen LogP contribution < -0.4 is 10.1 Å². The fraction of sp³-hybridized carbons (Fsp3) is 0.360. The molecule has 1 fully saturated rings. The van der Waals surface area contributed by atoms with Gasteiger partial charge in [0.25, 0.3) is 0 Å². The van der Waals surface area contributed by atoms with Crippen molar-refractivity contribution in [3.63, 3.8) is 0 Å². The smallest absolute Gasteiger partial charge is 0.176 e. The zero-order valence-corrected chi connectivity index (χ0v) is 17.6. The molecule has 1 unspecified atom stereocenters. The lowest BCUT2D eigenvalue weighted by molar-refractivity contribution is 0.113. The average molecular weight is 391 g/mol. The predicted octanol–water partition coefficient (Wildman–Crippen LogP) is 5.62. The molecule has 0 saturated heterocycles. The van der Waals surface area contributed by atoms with Crippen molar-refractivity contribution in [2.45, 2.75) is 37.3 Å². The van der Waals surface area contributed by atoms with Crippen molar-refractivity contribution in [3.8, 4) is 5.75 Å². The number of likely N-dealkylation sites (N-methyl/N-ethyl adjacent to an activating group) is 1. The summed E-state index contributed by atoms with van der Waals surface area (Å²) in [5.41, 5.74) is 4.06. The Morgan fingerprint density at radius 1 is 1.10 bits per heavy atom. The lowest BCUT2D eigenvalue weighted by Gasteiger charge is -2.44. The molecule has 1 aliphatic carbocycles. The lowest BCUT2D eigenvalue weighted by Crippen LogP contribution is -2.51. The molecule has 2 aromatic carbocycles. The van der Waals surface area contributed by atoms with Crippen LogP contribution in [0.5, 0.6) is 5.75 Å². The molecule has 1 aliphatic rings. The number of benzene rings is 2. The molecule has 0 aliphatic heterocycles. The summed E-state index contributed by atoms with van der Waals surface area (Å²) in [6, 6.07) is 16.9. The minimum absolute atomic E-state index is 0.0618. The molecule has 4 heteroatoms. The van der Waals surface area contributed by atoms with Crippen molar-refractivity contribution < 1.29 is 9.15 Å².